The summed E-state index contributed by atoms with van der Waals surface area (Å²) in [4.78, 5) is 13.6. The number of hydrogen-bond acceptors (Lipinski definition) is 3. The molecule has 1 aromatic carbocycles. The Morgan fingerprint density at radius 1 is 1.59 bits per heavy atom. The number of anilines is 1. The van der Waals surface area contributed by atoms with Gasteiger partial charge in [0.15, 0.2) is 0 Å². The molecule has 0 saturated carbocycles. The van der Waals surface area contributed by atoms with E-state index in [1.807, 2.05) is 18.2 Å². The number of methoxy groups -OCH3 is 1. The van der Waals surface area contributed by atoms with Crippen LogP contribution in [0.25, 0.3) is 0 Å². The van der Waals surface area contributed by atoms with Gasteiger partial charge in [-0.3, -0.25) is 0 Å². The first-order valence-corrected chi connectivity index (χ1v) is 5.64. The van der Waals surface area contributed by atoms with E-state index in [0.29, 0.717) is 6.54 Å². The van der Waals surface area contributed by atoms with Crippen LogP contribution in [0.15, 0.2) is 24.3 Å². The van der Waals surface area contributed by atoms with E-state index in [-0.39, 0.29) is 12.1 Å². The summed E-state index contributed by atoms with van der Waals surface area (Å²) in [5.41, 5.74) is 6.49. The number of benzene rings is 1. The van der Waals surface area contributed by atoms with Crippen molar-refractivity contribution in [3.8, 4) is 5.75 Å². The van der Waals surface area contributed by atoms with Crippen LogP contribution in [0.3, 0.4) is 0 Å². The van der Waals surface area contributed by atoms with Crippen LogP contribution in [-0.2, 0) is 0 Å². The molecule has 2 amide bonds. The molecule has 1 aromatic rings. The quantitative estimate of drug-likeness (QED) is 0.811. The van der Waals surface area contributed by atoms with Crippen LogP contribution in [0.1, 0.15) is 6.42 Å². The molecule has 17 heavy (non-hydrogen) atoms. The average molecular weight is 235 g/mol. The zero-order valence-corrected chi connectivity index (χ0v) is 9.85. The van der Waals surface area contributed by atoms with Crippen molar-refractivity contribution in [2.75, 3.05) is 25.5 Å². The number of carbonyl (C=O) groups excluding carboxylic acids is 1. The first-order chi connectivity index (χ1) is 8.19. The van der Waals surface area contributed by atoms with Crippen LogP contribution in [0, 0.1) is 0 Å². The first kappa shape index (κ1) is 11.7. The number of nitrogens with zero attached hydrogens (tertiary/aromatic N) is 1. The molecule has 1 aliphatic heterocycles. The number of amides is 2. The summed E-state index contributed by atoms with van der Waals surface area (Å²) >= 11 is 0. The van der Waals surface area contributed by atoms with Gasteiger partial charge < -0.3 is 20.7 Å². The second-order valence-corrected chi connectivity index (χ2v) is 4.16. The molecule has 5 heteroatoms. The summed E-state index contributed by atoms with van der Waals surface area (Å²) < 4.78 is 5.09. The van der Waals surface area contributed by atoms with Gasteiger partial charge in [0, 0.05) is 30.9 Å². The third-order valence-corrected chi connectivity index (χ3v) is 2.83. The highest BCUT2D eigenvalue weighted by Crippen LogP contribution is 2.17. The fraction of sp³-hybridized carbons (Fsp3) is 0.417. The van der Waals surface area contributed by atoms with Gasteiger partial charge in [0.25, 0.3) is 0 Å². The summed E-state index contributed by atoms with van der Waals surface area (Å²) in [6.45, 7) is 1.34. The molecule has 0 unspecified atom stereocenters. The molecule has 0 aliphatic carbocycles. The molecular weight excluding hydrogens is 218 g/mol. The Hall–Kier alpha value is -1.75. The Morgan fingerprint density at radius 3 is 3.06 bits per heavy atom. The molecule has 5 nitrogen and oxygen atoms in total. The maximum absolute atomic E-state index is 11.9. The predicted molar refractivity (Wildman–Crippen MR) is 66.2 cm³/mol. The number of rotatable bonds is 2. The number of nitrogens with one attached hydrogen (secondary N) is 1. The topological polar surface area (TPSA) is 67.6 Å². The fourth-order valence-corrected chi connectivity index (χ4v) is 1.88. The van der Waals surface area contributed by atoms with E-state index in [2.05, 4.69) is 5.32 Å². The molecule has 1 atom stereocenters. The minimum absolute atomic E-state index is 0.103. The standard InChI is InChI=1S/C12H17N3O2/c1-17-11-4-2-3-10(7-11)14-12(16)15-6-5-9(13)8-15/h2-4,7,9H,5-6,8,13H2,1H3,(H,14,16)/t9-/m1/s1. The highest BCUT2D eigenvalue weighted by Gasteiger charge is 2.23. The Balaban J connectivity index is 1.98. The smallest absolute Gasteiger partial charge is 0.321 e. The Morgan fingerprint density at radius 2 is 2.41 bits per heavy atom. The van der Waals surface area contributed by atoms with Crippen LogP contribution in [0.5, 0.6) is 5.75 Å². The largest absolute Gasteiger partial charge is 0.497 e. The zero-order chi connectivity index (χ0) is 12.3. The highest BCUT2D eigenvalue weighted by atomic mass is 16.5. The number of nitrogens with two attached hydrogens (primary N) is 1. The van der Waals surface area contributed by atoms with Crippen LogP contribution >= 0.6 is 0 Å². The van der Waals surface area contributed by atoms with Gasteiger partial charge in [-0.2, -0.15) is 0 Å². The minimum atomic E-state index is -0.105. The maximum atomic E-state index is 11.9. The van der Waals surface area contributed by atoms with Crippen molar-refractivity contribution in [1.29, 1.82) is 0 Å². The minimum Gasteiger partial charge on any atom is -0.497 e. The van der Waals surface area contributed by atoms with Gasteiger partial charge in [0.1, 0.15) is 5.75 Å². The summed E-state index contributed by atoms with van der Waals surface area (Å²) in [5, 5.41) is 2.83. The molecule has 1 fully saturated rings. The lowest BCUT2D eigenvalue weighted by molar-refractivity contribution is 0.222. The van der Waals surface area contributed by atoms with Crippen molar-refractivity contribution in [3.63, 3.8) is 0 Å². The molecule has 92 valence electrons. The van der Waals surface area contributed by atoms with E-state index in [1.54, 1.807) is 18.1 Å². The Kier molecular flexibility index (Phi) is 3.49. The van der Waals surface area contributed by atoms with E-state index >= 15 is 0 Å². The first-order valence-electron chi connectivity index (χ1n) is 5.64. The van der Waals surface area contributed by atoms with Crippen molar-refractivity contribution in [3.05, 3.63) is 24.3 Å². The summed E-state index contributed by atoms with van der Waals surface area (Å²) in [6.07, 6.45) is 0.867. The molecule has 0 spiro atoms. The third kappa shape index (κ3) is 2.88. The molecule has 3 N–H and O–H groups in total. The fourth-order valence-electron chi connectivity index (χ4n) is 1.88. The second kappa shape index (κ2) is 5.05. The molecule has 0 radical (unpaired) electrons. The van der Waals surface area contributed by atoms with Gasteiger partial charge >= 0.3 is 6.03 Å². The van der Waals surface area contributed by atoms with Crippen LogP contribution in [-0.4, -0.2) is 37.2 Å². The normalized spacial score (nSPS) is 19.2. The van der Waals surface area contributed by atoms with Gasteiger partial charge in [-0.05, 0) is 18.6 Å². The highest BCUT2D eigenvalue weighted by molar-refractivity contribution is 5.89. The SMILES string of the molecule is COc1cccc(NC(=O)N2CC[C@@H](N)C2)c1. The Bertz CT molecular complexity index is 408. The van der Waals surface area contributed by atoms with Crippen molar-refractivity contribution in [2.45, 2.75) is 12.5 Å². The summed E-state index contributed by atoms with van der Waals surface area (Å²) in [7, 11) is 1.60. The van der Waals surface area contributed by atoms with Crippen LogP contribution in [0.2, 0.25) is 0 Å². The van der Waals surface area contributed by atoms with Gasteiger partial charge in [-0.25, -0.2) is 4.79 Å². The van der Waals surface area contributed by atoms with Crippen molar-refractivity contribution < 1.29 is 9.53 Å². The van der Waals surface area contributed by atoms with Crippen LogP contribution in [0.4, 0.5) is 10.5 Å². The number of likely N-dealkylation sites (tertiary alicyclic amines) is 1. The van der Waals surface area contributed by atoms with Crippen LogP contribution < -0.4 is 15.8 Å². The van der Waals surface area contributed by atoms with E-state index < -0.39 is 0 Å². The lowest BCUT2D eigenvalue weighted by Crippen LogP contribution is -2.35. The molecular formula is C12H17N3O2. The monoisotopic (exact) mass is 235 g/mol. The molecule has 1 aliphatic rings. The van der Waals surface area contributed by atoms with Crippen molar-refractivity contribution in [2.24, 2.45) is 5.73 Å². The Labute approximate surface area is 101 Å². The molecule has 2 rings (SSSR count). The van der Waals surface area contributed by atoms with Crippen molar-refractivity contribution in [1.82, 2.24) is 4.90 Å². The molecule has 0 bridgehead atoms. The van der Waals surface area contributed by atoms with Gasteiger partial charge in [-0.15, -0.1) is 0 Å². The number of ether oxygens (including phenoxy) is 1. The van der Waals surface area contributed by atoms with E-state index in [0.717, 1.165) is 24.4 Å². The number of hydrogen-bond donors (Lipinski definition) is 2. The summed E-state index contributed by atoms with van der Waals surface area (Å²) in [5.74, 6) is 0.723. The van der Waals surface area contributed by atoms with Gasteiger partial charge in [0.2, 0.25) is 0 Å². The lowest BCUT2D eigenvalue weighted by atomic mass is 10.3. The molecule has 1 saturated heterocycles. The number of urea groups is 1. The second-order valence-electron chi connectivity index (χ2n) is 4.16. The average Bonchev–Trinajstić information content (AvgIpc) is 2.76. The third-order valence-electron chi connectivity index (χ3n) is 2.83. The summed E-state index contributed by atoms with van der Waals surface area (Å²) in [6, 6.07) is 7.29. The maximum Gasteiger partial charge on any atom is 0.321 e. The van der Waals surface area contributed by atoms with E-state index in [4.69, 9.17) is 10.5 Å². The van der Waals surface area contributed by atoms with Gasteiger partial charge in [-0.1, -0.05) is 6.07 Å². The zero-order valence-electron chi connectivity index (χ0n) is 9.85. The van der Waals surface area contributed by atoms with Gasteiger partial charge in [0.05, 0.1) is 7.11 Å². The van der Waals surface area contributed by atoms with E-state index in [1.165, 1.54) is 0 Å². The number of carbonyl (C=O) groups is 1. The predicted octanol–water partition coefficient (Wildman–Crippen LogP) is 1.26. The molecule has 0 aromatic heterocycles. The van der Waals surface area contributed by atoms with Crippen molar-refractivity contribution >= 4 is 11.7 Å². The lowest BCUT2D eigenvalue weighted by Gasteiger charge is -2.16. The van der Waals surface area contributed by atoms with E-state index in [9.17, 15) is 4.79 Å². The molecule has 1 heterocycles.